The predicted molar refractivity (Wildman–Crippen MR) is 70.9 cm³/mol. The van der Waals surface area contributed by atoms with Crippen LogP contribution in [-0.2, 0) is 0 Å². The SMILES string of the molecule is CN1CCC[C@H]1c1ccnc(NSC2CC2)n1. The normalized spacial score (nSPS) is 25.1. The topological polar surface area (TPSA) is 41.1 Å². The largest absolute Gasteiger partial charge is 0.298 e. The molecule has 1 N–H and O–H groups in total. The first-order valence-electron chi connectivity index (χ1n) is 6.28. The Labute approximate surface area is 106 Å². The van der Waals surface area contributed by atoms with Crippen LogP contribution in [0.15, 0.2) is 12.3 Å². The lowest BCUT2D eigenvalue weighted by molar-refractivity contribution is 0.312. The summed E-state index contributed by atoms with van der Waals surface area (Å²) in [6.07, 6.45) is 6.99. The molecule has 1 aliphatic carbocycles. The Morgan fingerprint density at radius 3 is 3.00 bits per heavy atom. The van der Waals surface area contributed by atoms with Crippen molar-refractivity contribution >= 4 is 17.9 Å². The molecule has 2 aliphatic rings. The zero-order valence-electron chi connectivity index (χ0n) is 10.1. The van der Waals surface area contributed by atoms with E-state index in [4.69, 9.17) is 0 Å². The van der Waals surface area contributed by atoms with Crippen LogP contribution in [0.5, 0.6) is 0 Å². The fraction of sp³-hybridized carbons (Fsp3) is 0.667. The quantitative estimate of drug-likeness (QED) is 0.831. The monoisotopic (exact) mass is 250 g/mol. The standard InChI is InChI=1S/C12H18N4S/c1-16-8-2-3-11(16)10-6-7-13-12(14-10)15-17-9-4-5-9/h6-7,9,11H,2-5,8H2,1H3,(H,13,14,15)/t11-/m0/s1. The molecule has 1 atom stereocenters. The molecule has 17 heavy (non-hydrogen) atoms. The summed E-state index contributed by atoms with van der Waals surface area (Å²) in [5, 5.41) is 0.774. The first-order valence-corrected chi connectivity index (χ1v) is 7.16. The summed E-state index contributed by atoms with van der Waals surface area (Å²) in [7, 11) is 2.17. The predicted octanol–water partition coefficient (Wildman–Crippen LogP) is 2.47. The molecule has 1 aromatic rings. The van der Waals surface area contributed by atoms with Gasteiger partial charge in [-0.1, -0.05) is 0 Å². The van der Waals surface area contributed by atoms with Crippen LogP contribution in [0.1, 0.15) is 37.4 Å². The van der Waals surface area contributed by atoms with Gasteiger partial charge in [-0.3, -0.25) is 9.62 Å². The third-order valence-electron chi connectivity index (χ3n) is 3.38. The van der Waals surface area contributed by atoms with Crippen molar-refractivity contribution in [3.8, 4) is 0 Å². The van der Waals surface area contributed by atoms with E-state index in [0.717, 1.165) is 16.9 Å². The Bertz CT molecular complexity index is 394. The van der Waals surface area contributed by atoms with Crippen molar-refractivity contribution in [2.75, 3.05) is 18.3 Å². The molecule has 2 fully saturated rings. The van der Waals surface area contributed by atoms with Gasteiger partial charge < -0.3 is 0 Å². The van der Waals surface area contributed by atoms with E-state index in [1.807, 2.05) is 12.3 Å². The summed E-state index contributed by atoms with van der Waals surface area (Å²) in [5.74, 6) is 0.764. The van der Waals surface area contributed by atoms with Gasteiger partial charge in [-0.2, -0.15) is 0 Å². The first-order chi connectivity index (χ1) is 8.33. The van der Waals surface area contributed by atoms with Crippen LogP contribution in [0, 0.1) is 0 Å². The van der Waals surface area contributed by atoms with Gasteiger partial charge in [0.25, 0.3) is 0 Å². The van der Waals surface area contributed by atoms with E-state index in [1.165, 1.54) is 32.2 Å². The number of likely N-dealkylation sites (tertiary alicyclic amines) is 1. The molecular weight excluding hydrogens is 232 g/mol. The number of aromatic nitrogens is 2. The second kappa shape index (κ2) is 4.82. The molecule has 0 amide bonds. The van der Waals surface area contributed by atoms with Crippen LogP contribution in [-0.4, -0.2) is 33.7 Å². The Morgan fingerprint density at radius 1 is 1.41 bits per heavy atom. The average molecular weight is 250 g/mol. The Morgan fingerprint density at radius 2 is 2.29 bits per heavy atom. The highest BCUT2D eigenvalue weighted by molar-refractivity contribution is 8.01. The highest BCUT2D eigenvalue weighted by Crippen LogP contribution is 2.34. The van der Waals surface area contributed by atoms with E-state index in [-0.39, 0.29) is 0 Å². The molecule has 1 aromatic heterocycles. The molecule has 0 spiro atoms. The van der Waals surface area contributed by atoms with Crippen molar-refractivity contribution in [3.05, 3.63) is 18.0 Å². The average Bonchev–Trinajstić information content (AvgIpc) is 3.08. The van der Waals surface area contributed by atoms with Crippen molar-refractivity contribution in [2.45, 2.75) is 37.0 Å². The lowest BCUT2D eigenvalue weighted by Gasteiger charge is -2.18. The zero-order chi connectivity index (χ0) is 11.7. The Balaban J connectivity index is 1.68. The van der Waals surface area contributed by atoms with Gasteiger partial charge in [0.1, 0.15) is 0 Å². The summed E-state index contributed by atoms with van der Waals surface area (Å²) >= 11 is 1.76. The van der Waals surface area contributed by atoms with Gasteiger partial charge in [0.15, 0.2) is 0 Å². The van der Waals surface area contributed by atoms with Crippen LogP contribution in [0.25, 0.3) is 0 Å². The van der Waals surface area contributed by atoms with E-state index >= 15 is 0 Å². The number of nitrogens with zero attached hydrogens (tertiary/aromatic N) is 3. The zero-order valence-corrected chi connectivity index (χ0v) is 10.9. The van der Waals surface area contributed by atoms with Gasteiger partial charge in [-0.15, -0.1) is 0 Å². The summed E-state index contributed by atoms with van der Waals surface area (Å²) in [6, 6.07) is 2.52. The summed E-state index contributed by atoms with van der Waals surface area (Å²) < 4.78 is 3.26. The van der Waals surface area contributed by atoms with Crippen LogP contribution in [0.4, 0.5) is 5.95 Å². The molecule has 1 saturated heterocycles. The van der Waals surface area contributed by atoms with Crippen molar-refractivity contribution in [3.63, 3.8) is 0 Å². The maximum Gasteiger partial charge on any atom is 0.233 e. The molecule has 3 rings (SSSR count). The van der Waals surface area contributed by atoms with Gasteiger partial charge in [0, 0.05) is 11.4 Å². The van der Waals surface area contributed by atoms with Crippen molar-refractivity contribution in [2.24, 2.45) is 0 Å². The molecule has 0 unspecified atom stereocenters. The highest BCUT2D eigenvalue weighted by atomic mass is 32.2. The second-order valence-corrected chi connectivity index (χ2v) is 5.97. The van der Waals surface area contributed by atoms with Gasteiger partial charge in [0.05, 0.1) is 11.7 Å². The Kier molecular flexibility index (Phi) is 3.20. The maximum absolute atomic E-state index is 4.62. The maximum atomic E-state index is 4.62. The van der Waals surface area contributed by atoms with Crippen LogP contribution in [0.2, 0.25) is 0 Å². The minimum atomic E-state index is 0.476. The smallest absolute Gasteiger partial charge is 0.233 e. The van der Waals surface area contributed by atoms with E-state index in [0.29, 0.717) is 6.04 Å². The summed E-state index contributed by atoms with van der Waals surface area (Å²) in [6.45, 7) is 1.17. The molecule has 5 heteroatoms. The molecule has 2 heterocycles. The molecule has 92 valence electrons. The number of rotatable bonds is 4. The molecule has 0 aromatic carbocycles. The lowest BCUT2D eigenvalue weighted by atomic mass is 10.1. The van der Waals surface area contributed by atoms with E-state index in [2.05, 4.69) is 26.6 Å². The van der Waals surface area contributed by atoms with Gasteiger partial charge >= 0.3 is 0 Å². The number of hydrogen-bond acceptors (Lipinski definition) is 5. The minimum absolute atomic E-state index is 0.476. The van der Waals surface area contributed by atoms with Crippen LogP contribution < -0.4 is 4.72 Å². The van der Waals surface area contributed by atoms with Crippen molar-refractivity contribution in [1.29, 1.82) is 0 Å². The fourth-order valence-electron chi connectivity index (χ4n) is 2.21. The summed E-state index contributed by atoms with van der Waals surface area (Å²) in [4.78, 5) is 11.3. The molecule has 0 bridgehead atoms. The highest BCUT2D eigenvalue weighted by Gasteiger charge is 2.25. The Hall–Kier alpha value is -0.810. The fourth-order valence-corrected chi connectivity index (χ4v) is 2.96. The van der Waals surface area contributed by atoms with E-state index in [9.17, 15) is 0 Å². The molecule has 0 radical (unpaired) electrons. The first kappa shape index (κ1) is 11.3. The van der Waals surface area contributed by atoms with Gasteiger partial charge in [0.2, 0.25) is 5.95 Å². The third-order valence-corrected chi connectivity index (χ3v) is 4.49. The van der Waals surface area contributed by atoms with E-state index < -0.39 is 0 Å². The van der Waals surface area contributed by atoms with Gasteiger partial charge in [-0.05, 0) is 57.3 Å². The minimum Gasteiger partial charge on any atom is -0.298 e. The molecule has 4 nitrogen and oxygen atoms in total. The molecule has 1 aliphatic heterocycles. The summed E-state index contributed by atoms with van der Waals surface area (Å²) in [5.41, 5.74) is 1.15. The third kappa shape index (κ3) is 2.72. The van der Waals surface area contributed by atoms with E-state index in [1.54, 1.807) is 11.9 Å². The van der Waals surface area contributed by atoms with Crippen LogP contribution >= 0.6 is 11.9 Å². The number of anilines is 1. The number of hydrogen-bond donors (Lipinski definition) is 1. The van der Waals surface area contributed by atoms with Crippen molar-refractivity contribution < 1.29 is 0 Å². The molecular formula is C12H18N4S. The van der Waals surface area contributed by atoms with Crippen LogP contribution in [0.3, 0.4) is 0 Å². The van der Waals surface area contributed by atoms with Crippen molar-refractivity contribution in [1.82, 2.24) is 14.9 Å². The lowest BCUT2D eigenvalue weighted by Crippen LogP contribution is -2.18. The number of nitrogens with one attached hydrogen (secondary N) is 1. The second-order valence-electron chi connectivity index (χ2n) is 4.86. The molecule has 1 saturated carbocycles. The van der Waals surface area contributed by atoms with Gasteiger partial charge in [-0.25, -0.2) is 9.97 Å².